The van der Waals surface area contributed by atoms with Gasteiger partial charge >= 0.3 is 0 Å². The van der Waals surface area contributed by atoms with E-state index in [0.29, 0.717) is 31.1 Å². The summed E-state index contributed by atoms with van der Waals surface area (Å²) in [7, 11) is 2.13. The van der Waals surface area contributed by atoms with E-state index in [0.717, 1.165) is 42.4 Å². The molecule has 4 rings (SSSR count). The van der Waals surface area contributed by atoms with Gasteiger partial charge in [0.25, 0.3) is 0 Å². The van der Waals surface area contributed by atoms with E-state index in [2.05, 4.69) is 29.1 Å². The normalized spacial score (nSPS) is 21.4. The van der Waals surface area contributed by atoms with Gasteiger partial charge in [0.1, 0.15) is 12.2 Å². The van der Waals surface area contributed by atoms with Gasteiger partial charge in [0.15, 0.2) is 0 Å². The molecule has 0 saturated carbocycles. The Hall–Kier alpha value is -2.62. The van der Waals surface area contributed by atoms with E-state index >= 15 is 0 Å². The van der Waals surface area contributed by atoms with E-state index < -0.39 is 0 Å². The highest BCUT2D eigenvalue weighted by Crippen LogP contribution is 2.32. The number of hydrogen-bond acceptors (Lipinski definition) is 5. The second kappa shape index (κ2) is 8.17. The number of likely N-dealkylation sites (tertiary alicyclic amines) is 1. The van der Waals surface area contributed by atoms with Crippen LogP contribution in [0.1, 0.15) is 42.7 Å². The van der Waals surface area contributed by atoms with Crippen LogP contribution in [0.3, 0.4) is 0 Å². The lowest BCUT2D eigenvalue weighted by molar-refractivity contribution is -0.134. The summed E-state index contributed by atoms with van der Waals surface area (Å²) in [4.78, 5) is 25.8. The zero-order chi connectivity index (χ0) is 19.5. The van der Waals surface area contributed by atoms with Crippen LogP contribution in [0.15, 0.2) is 28.9 Å². The van der Waals surface area contributed by atoms with E-state index in [9.17, 15) is 9.59 Å². The van der Waals surface area contributed by atoms with Gasteiger partial charge in [-0.2, -0.15) is 0 Å². The standard InChI is InChI=1S/C22H24N2O4/c1-24-10-8-16(9-11-24)27-12-2-3-15-4-5-17-19(14-28-20(17)13-15)18-6-7-21(25)23-22(18)26/h4-5,13-14,16,18H,6-12H2,1H3,(H,23,25,26). The lowest BCUT2D eigenvalue weighted by Gasteiger charge is -2.28. The molecule has 1 aromatic carbocycles. The maximum Gasteiger partial charge on any atom is 0.234 e. The highest BCUT2D eigenvalue weighted by atomic mass is 16.5. The van der Waals surface area contributed by atoms with Gasteiger partial charge < -0.3 is 14.1 Å². The summed E-state index contributed by atoms with van der Waals surface area (Å²) in [6, 6.07) is 5.74. The smallest absolute Gasteiger partial charge is 0.234 e. The van der Waals surface area contributed by atoms with Crippen LogP contribution in [0.5, 0.6) is 0 Å². The molecule has 2 aliphatic rings. The van der Waals surface area contributed by atoms with Crippen LogP contribution in [0.25, 0.3) is 11.0 Å². The van der Waals surface area contributed by atoms with Crippen molar-refractivity contribution in [3.8, 4) is 11.8 Å². The summed E-state index contributed by atoms with van der Waals surface area (Å²) in [6.45, 7) is 2.57. The molecule has 3 heterocycles. The van der Waals surface area contributed by atoms with Gasteiger partial charge in [-0.15, -0.1) is 0 Å². The van der Waals surface area contributed by atoms with Crippen molar-refractivity contribution >= 4 is 22.8 Å². The van der Waals surface area contributed by atoms with E-state index in [1.54, 1.807) is 6.26 Å². The van der Waals surface area contributed by atoms with Gasteiger partial charge in [0.2, 0.25) is 11.8 Å². The monoisotopic (exact) mass is 380 g/mol. The van der Waals surface area contributed by atoms with Crippen molar-refractivity contribution in [1.29, 1.82) is 0 Å². The van der Waals surface area contributed by atoms with Crippen molar-refractivity contribution in [3.63, 3.8) is 0 Å². The average molecular weight is 380 g/mol. The molecule has 2 fully saturated rings. The number of ether oxygens (including phenoxy) is 1. The summed E-state index contributed by atoms with van der Waals surface area (Å²) in [5.41, 5.74) is 2.37. The fraction of sp³-hybridized carbons (Fsp3) is 0.455. The number of benzene rings is 1. The minimum absolute atomic E-state index is 0.214. The molecule has 6 heteroatoms. The van der Waals surface area contributed by atoms with Crippen LogP contribution in [-0.4, -0.2) is 49.6 Å². The Morgan fingerprint density at radius 2 is 2.07 bits per heavy atom. The quantitative estimate of drug-likeness (QED) is 0.654. The Bertz CT molecular complexity index is 944. The fourth-order valence-electron chi connectivity index (χ4n) is 3.84. The van der Waals surface area contributed by atoms with Crippen LogP contribution in [-0.2, 0) is 14.3 Å². The minimum Gasteiger partial charge on any atom is -0.464 e. The molecule has 2 saturated heterocycles. The van der Waals surface area contributed by atoms with Gasteiger partial charge in [0, 0.05) is 36.0 Å². The Morgan fingerprint density at radius 3 is 2.86 bits per heavy atom. The number of imide groups is 1. The predicted molar refractivity (Wildman–Crippen MR) is 105 cm³/mol. The highest BCUT2D eigenvalue weighted by Gasteiger charge is 2.30. The molecular weight excluding hydrogens is 356 g/mol. The Balaban J connectivity index is 1.41. The molecule has 0 spiro atoms. The van der Waals surface area contributed by atoms with Gasteiger partial charge in [0.05, 0.1) is 18.3 Å². The highest BCUT2D eigenvalue weighted by molar-refractivity contribution is 6.02. The Labute approximate surface area is 164 Å². The summed E-state index contributed by atoms with van der Waals surface area (Å²) >= 11 is 0. The number of nitrogens with one attached hydrogen (secondary N) is 1. The zero-order valence-electron chi connectivity index (χ0n) is 16.0. The molecule has 1 atom stereocenters. The molecule has 1 unspecified atom stereocenters. The number of amides is 2. The molecule has 146 valence electrons. The fourth-order valence-corrected chi connectivity index (χ4v) is 3.84. The zero-order valence-corrected chi connectivity index (χ0v) is 16.0. The van der Waals surface area contributed by atoms with Crippen LogP contribution in [0.2, 0.25) is 0 Å². The lowest BCUT2D eigenvalue weighted by atomic mass is 9.90. The molecular formula is C22H24N2O4. The number of fused-ring (bicyclic) bond motifs is 1. The van der Waals surface area contributed by atoms with Crippen molar-refractivity contribution in [2.75, 3.05) is 26.7 Å². The molecule has 6 nitrogen and oxygen atoms in total. The molecule has 2 aliphatic heterocycles. The van der Waals surface area contributed by atoms with Crippen LogP contribution in [0.4, 0.5) is 0 Å². The van der Waals surface area contributed by atoms with Gasteiger partial charge in [-0.1, -0.05) is 11.8 Å². The van der Waals surface area contributed by atoms with Crippen molar-refractivity contribution in [3.05, 3.63) is 35.6 Å². The SMILES string of the molecule is CN1CCC(OCC#Cc2ccc3c(C4CCC(=O)NC4=O)coc3c2)CC1. The van der Waals surface area contributed by atoms with Crippen LogP contribution >= 0.6 is 0 Å². The number of hydrogen-bond donors (Lipinski definition) is 1. The van der Waals surface area contributed by atoms with E-state index in [1.807, 2.05) is 18.2 Å². The number of piperidine rings is 2. The van der Waals surface area contributed by atoms with Crippen molar-refractivity contribution in [2.24, 2.45) is 0 Å². The summed E-state index contributed by atoms with van der Waals surface area (Å²) in [6.07, 6.45) is 4.89. The first-order chi connectivity index (χ1) is 13.6. The second-order valence-electron chi connectivity index (χ2n) is 7.52. The average Bonchev–Trinajstić information content (AvgIpc) is 3.10. The summed E-state index contributed by atoms with van der Waals surface area (Å²) < 4.78 is 11.5. The molecule has 2 amide bonds. The van der Waals surface area contributed by atoms with Gasteiger partial charge in [-0.25, -0.2) is 0 Å². The molecule has 2 aromatic rings. The summed E-state index contributed by atoms with van der Waals surface area (Å²) in [5.74, 6) is 5.38. The van der Waals surface area contributed by atoms with E-state index in [-0.39, 0.29) is 17.7 Å². The molecule has 0 radical (unpaired) electrons. The van der Waals surface area contributed by atoms with Crippen molar-refractivity contribution < 1.29 is 18.7 Å². The largest absolute Gasteiger partial charge is 0.464 e. The minimum atomic E-state index is -0.348. The number of nitrogens with zero attached hydrogens (tertiary/aromatic N) is 1. The van der Waals surface area contributed by atoms with Gasteiger partial charge in [-0.3, -0.25) is 14.9 Å². The molecule has 1 N–H and O–H groups in total. The Kier molecular flexibility index (Phi) is 5.47. The van der Waals surface area contributed by atoms with Crippen molar-refractivity contribution in [1.82, 2.24) is 10.2 Å². The second-order valence-corrected chi connectivity index (χ2v) is 7.52. The van der Waals surface area contributed by atoms with Crippen LogP contribution in [0, 0.1) is 11.8 Å². The molecule has 0 bridgehead atoms. The summed E-state index contributed by atoms with van der Waals surface area (Å²) in [5, 5.41) is 3.29. The first kappa shape index (κ1) is 18.7. The third-order valence-electron chi connectivity index (χ3n) is 5.51. The Morgan fingerprint density at radius 1 is 1.25 bits per heavy atom. The number of carbonyl (C=O) groups excluding carboxylic acids is 2. The predicted octanol–water partition coefficient (Wildman–Crippen LogP) is 2.42. The third-order valence-corrected chi connectivity index (χ3v) is 5.51. The van der Waals surface area contributed by atoms with Gasteiger partial charge in [-0.05, 0) is 44.5 Å². The third kappa shape index (κ3) is 4.11. The molecule has 1 aromatic heterocycles. The first-order valence-corrected chi connectivity index (χ1v) is 9.74. The maximum absolute atomic E-state index is 12.1. The number of rotatable bonds is 3. The topological polar surface area (TPSA) is 71.8 Å². The van der Waals surface area contributed by atoms with Crippen molar-refractivity contribution in [2.45, 2.75) is 37.7 Å². The van der Waals surface area contributed by atoms with E-state index in [1.165, 1.54) is 0 Å². The van der Waals surface area contributed by atoms with Crippen LogP contribution < -0.4 is 5.32 Å². The number of furan rings is 1. The lowest BCUT2D eigenvalue weighted by Crippen LogP contribution is -2.39. The molecule has 28 heavy (non-hydrogen) atoms. The van der Waals surface area contributed by atoms with E-state index in [4.69, 9.17) is 9.15 Å². The maximum atomic E-state index is 12.1. The first-order valence-electron chi connectivity index (χ1n) is 9.74. The molecule has 0 aliphatic carbocycles. The number of carbonyl (C=O) groups is 2.